The van der Waals surface area contributed by atoms with Gasteiger partial charge >= 0.3 is 0 Å². The summed E-state index contributed by atoms with van der Waals surface area (Å²) in [6, 6.07) is 10.8. The third-order valence-electron chi connectivity index (χ3n) is 2.67. The van der Waals surface area contributed by atoms with Crippen LogP contribution in [-0.4, -0.2) is 23.4 Å². The molecule has 2 rings (SSSR count). The number of rotatable bonds is 5. The van der Waals surface area contributed by atoms with Gasteiger partial charge in [-0.3, -0.25) is 15.5 Å². The Bertz CT molecular complexity index is 686. The highest BCUT2D eigenvalue weighted by Gasteiger charge is 2.04. The van der Waals surface area contributed by atoms with Crippen LogP contribution < -0.4 is 10.2 Å². The zero-order chi connectivity index (χ0) is 15.2. The number of nitrogens with one attached hydrogen (secondary N) is 1. The van der Waals surface area contributed by atoms with Crippen LogP contribution in [0.25, 0.3) is 0 Å². The number of non-ortho nitro benzene ring substituents is 1. The number of phenolic OH excluding ortho intramolecular Hbond substituents is 1. The van der Waals surface area contributed by atoms with E-state index in [1.54, 1.807) is 24.3 Å². The van der Waals surface area contributed by atoms with Gasteiger partial charge in [0.05, 0.1) is 23.9 Å². The van der Waals surface area contributed by atoms with E-state index < -0.39 is 4.92 Å². The molecule has 0 aromatic heterocycles. The number of nitro groups is 1. The molecular weight excluding hydrogens is 274 g/mol. The Balaban J connectivity index is 2.07. The summed E-state index contributed by atoms with van der Waals surface area (Å²) in [5.74, 6) is 0.385. The summed E-state index contributed by atoms with van der Waals surface area (Å²) in [5.41, 5.74) is 3.83. The summed E-state index contributed by atoms with van der Waals surface area (Å²) in [6.07, 6.45) is 1.48. The molecule has 0 atom stereocenters. The monoisotopic (exact) mass is 287 g/mol. The van der Waals surface area contributed by atoms with Gasteiger partial charge in [-0.2, -0.15) is 5.10 Å². The summed E-state index contributed by atoms with van der Waals surface area (Å²) >= 11 is 0. The molecule has 0 radical (unpaired) electrons. The number of benzene rings is 2. The quantitative estimate of drug-likeness (QED) is 0.500. The van der Waals surface area contributed by atoms with Crippen LogP contribution in [0.5, 0.6) is 11.5 Å². The Morgan fingerprint density at radius 2 is 2.14 bits per heavy atom. The van der Waals surface area contributed by atoms with Crippen molar-refractivity contribution in [3.05, 3.63) is 58.1 Å². The fourth-order valence-electron chi connectivity index (χ4n) is 1.66. The molecule has 0 spiro atoms. The van der Waals surface area contributed by atoms with E-state index in [1.807, 2.05) is 0 Å². The van der Waals surface area contributed by atoms with Crippen molar-refractivity contribution in [2.45, 2.75) is 0 Å². The second-order valence-electron chi connectivity index (χ2n) is 4.11. The number of hydrogen-bond acceptors (Lipinski definition) is 6. The van der Waals surface area contributed by atoms with Gasteiger partial charge in [0, 0.05) is 12.1 Å². The summed E-state index contributed by atoms with van der Waals surface area (Å²) in [7, 11) is 1.46. The van der Waals surface area contributed by atoms with Crippen LogP contribution in [0, 0.1) is 10.1 Å². The lowest BCUT2D eigenvalue weighted by atomic mass is 10.2. The maximum absolute atomic E-state index is 10.6. The highest BCUT2D eigenvalue weighted by molar-refractivity contribution is 5.81. The first-order valence-corrected chi connectivity index (χ1v) is 6.00. The van der Waals surface area contributed by atoms with Gasteiger partial charge in [-0.1, -0.05) is 6.07 Å². The number of hydrogen-bond donors (Lipinski definition) is 2. The molecule has 0 fully saturated rings. The first-order valence-electron chi connectivity index (χ1n) is 6.00. The van der Waals surface area contributed by atoms with Gasteiger partial charge in [-0.25, -0.2) is 0 Å². The van der Waals surface area contributed by atoms with Crippen molar-refractivity contribution < 1.29 is 14.8 Å². The van der Waals surface area contributed by atoms with Crippen LogP contribution in [0.3, 0.4) is 0 Å². The van der Waals surface area contributed by atoms with Crippen molar-refractivity contribution in [1.82, 2.24) is 0 Å². The van der Waals surface area contributed by atoms with Gasteiger partial charge in [0.15, 0.2) is 11.5 Å². The number of ether oxygens (including phenoxy) is 1. The molecular formula is C14H13N3O4. The number of nitrogens with zero attached hydrogens (tertiary/aromatic N) is 2. The van der Waals surface area contributed by atoms with Gasteiger partial charge < -0.3 is 9.84 Å². The Morgan fingerprint density at radius 3 is 2.81 bits per heavy atom. The highest BCUT2D eigenvalue weighted by Crippen LogP contribution is 2.25. The zero-order valence-electron chi connectivity index (χ0n) is 11.2. The van der Waals surface area contributed by atoms with E-state index in [0.29, 0.717) is 17.0 Å². The Kier molecular flexibility index (Phi) is 4.35. The van der Waals surface area contributed by atoms with E-state index in [4.69, 9.17) is 4.74 Å². The fraction of sp³-hybridized carbons (Fsp3) is 0.0714. The van der Waals surface area contributed by atoms with E-state index in [1.165, 1.54) is 31.5 Å². The smallest absolute Gasteiger partial charge is 0.271 e. The minimum absolute atomic E-state index is 0.0109. The summed E-state index contributed by atoms with van der Waals surface area (Å²) in [4.78, 5) is 10.2. The maximum Gasteiger partial charge on any atom is 0.271 e. The third kappa shape index (κ3) is 3.69. The standard InChI is InChI=1S/C14H13N3O4/c1-21-14-6-5-10(7-13(14)18)9-15-16-11-3-2-4-12(8-11)17(19)20/h2-9,16,18H,1H3/b15-9+. The minimum Gasteiger partial charge on any atom is -0.504 e. The fourth-order valence-corrected chi connectivity index (χ4v) is 1.66. The lowest BCUT2D eigenvalue weighted by Crippen LogP contribution is -1.93. The molecule has 0 saturated carbocycles. The molecule has 0 bridgehead atoms. The van der Waals surface area contributed by atoms with Crippen LogP contribution in [0.15, 0.2) is 47.6 Å². The SMILES string of the molecule is COc1ccc(/C=N/Nc2cccc([N+](=O)[O-])c2)cc1O. The number of hydrazone groups is 1. The Labute approximate surface area is 120 Å². The number of aromatic hydroxyl groups is 1. The summed E-state index contributed by atoms with van der Waals surface area (Å²) in [5, 5.41) is 24.2. The normalized spacial score (nSPS) is 10.5. The number of anilines is 1. The second kappa shape index (κ2) is 6.38. The molecule has 2 N–H and O–H groups in total. The minimum atomic E-state index is -0.476. The van der Waals surface area contributed by atoms with Gasteiger partial charge in [0.25, 0.3) is 5.69 Å². The van der Waals surface area contributed by atoms with E-state index in [-0.39, 0.29) is 11.4 Å². The third-order valence-corrected chi connectivity index (χ3v) is 2.67. The van der Waals surface area contributed by atoms with Crippen molar-refractivity contribution in [2.75, 3.05) is 12.5 Å². The molecule has 7 nitrogen and oxygen atoms in total. The predicted molar refractivity (Wildman–Crippen MR) is 79.0 cm³/mol. The molecule has 0 aliphatic rings. The van der Waals surface area contributed by atoms with Crippen LogP contribution in [0.2, 0.25) is 0 Å². The van der Waals surface area contributed by atoms with Crippen molar-refractivity contribution in [3.63, 3.8) is 0 Å². The zero-order valence-corrected chi connectivity index (χ0v) is 11.2. The Hall–Kier alpha value is -3.09. The largest absolute Gasteiger partial charge is 0.504 e. The average molecular weight is 287 g/mol. The van der Waals surface area contributed by atoms with Crippen molar-refractivity contribution >= 4 is 17.6 Å². The summed E-state index contributed by atoms with van der Waals surface area (Å²) < 4.78 is 4.94. The van der Waals surface area contributed by atoms with E-state index in [9.17, 15) is 15.2 Å². The van der Waals surface area contributed by atoms with Crippen LogP contribution >= 0.6 is 0 Å². The average Bonchev–Trinajstić information content (AvgIpc) is 2.48. The molecule has 0 saturated heterocycles. The predicted octanol–water partition coefficient (Wildman–Crippen LogP) is 2.76. The molecule has 21 heavy (non-hydrogen) atoms. The topological polar surface area (TPSA) is 97.0 Å². The summed E-state index contributed by atoms with van der Waals surface area (Å²) in [6.45, 7) is 0. The first-order chi connectivity index (χ1) is 10.1. The second-order valence-corrected chi connectivity index (χ2v) is 4.11. The van der Waals surface area contributed by atoms with Gasteiger partial charge in [0.2, 0.25) is 0 Å². The Morgan fingerprint density at radius 1 is 1.33 bits per heavy atom. The first kappa shape index (κ1) is 14.3. The van der Waals surface area contributed by atoms with E-state index in [0.717, 1.165) is 0 Å². The molecule has 0 aliphatic heterocycles. The molecule has 0 amide bonds. The molecule has 108 valence electrons. The van der Waals surface area contributed by atoms with Crippen molar-refractivity contribution in [3.8, 4) is 11.5 Å². The van der Waals surface area contributed by atoms with E-state index in [2.05, 4.69) is 10.5 Å². The van der Waals surface area contributed by atoms with Gasteiger partial charge in [-0.15, -0.1) is 0 Å². The van der Waals surface area contributed by atoms with Gasteiger partial charge in [-0.05, 0) is 29.8 Å². The molecule has 0 unspecified atom stereocenters. The van der Waals surface area contributed by atoms with Crippen LogP contribution in [0.1, 0.15) is 5.56 Å². The molecule has 2 aromatic rings. The number of phenols is 1. The maximum atomic E-state index is 10.6. The van der Waals surface area contributed by atoms with Crippen molar-refractivity contribution in [1.29, 1.82) is 0 Å². The van der Waals surface area contributed by atoms with Crippen LogP contribution in [0.4, 0.5) is 11.4 Å². The van der Waals surface area contributed by atoms with Gasteiger partial charge in [0.1, 0.15) is 0 Å². The lowest BCUT2D eigenvalue weighted by Gasteiger charge is -2.03. The highest BCUT2D eigenvalue weighted by atomic mass is 16.6. The van der Waals surface area contributed by atoms with Crippen molar-refractivity contribution in [2.24, 2.45) is 5.10 Å². The number of nitro benzene ring substituents is 1. The molecule has 0 heterocycles. The van der Waals surface area contributed by atoms with Crippen LogP contribution in [-0.2, 0) is 0 Å². The molecule has 7 heteroatoms. The lowest BCUT2D eigenvalue weighted by molar-refractivity contribution is -0.384. The molecule has 0 aliphatic carbocycles. The molecule has 2 aromatic carbocycles. The van der Waals surface area contributed by atoms with E-state index >= 15 is 0 Å². The number of methoxy groups -OCH3 is 1.